The smallest absolute Gasteiger partial charge is 0.330 e. The van der Waals surface area contributed by atoms with Gasteiger partial charge in [-0.25, -0.2) is 4.79 Å². The number of carbonyl (C=O) groups is 3. The zero-order valence-electron chi connectivity index (χ0n) is 13.4. The molecule has 0 aromatic carbocycles. The summed E-state index contributed by atoms with van der Waals surface area (Å²) in [7, 11) is 0. The van der Waals surface area contributed by atoms with Crippen LogP contribution in [-0.2, 0) is 14.4 Å². The lowest BCUT2D eigenvalue weighted by molar-refractivity contribution is -0.143. The summed E-state index contributed by atoms with van der Waals surface area (Å²) in [6.07, 6.45) is 0.00116. The van der Waals surface area contributed by atoms with Crippen LogP contribution in [0.25, 0.3) is 0 Å². The number of hydrogen-bond donors (Lipinski definition) is 6. The highest BCUT2D eigenvalue weighted by Crippen LogP contribution is 2.18. The van der Waals surface area contributed by atoms with Crippen molar-refractivity contribution >= 4 is 17.9 Å². The minimum absolute atomic E-state index is 0.156. The van der Waals surface area contributed by atoms with Crippen molar-refractivity contribution in [3.63, 3.8) is 0 Å². The molecule has 136 valence electrons. The van der Waals surface area contributed by atoms with Crippen molar-refractivity contribution in [3.05, 3.63) is 12.2 Å². The number of carboxylic acid groups (broad SMARTS) is 3. The van der Waals surface area contributed by atoms with Gasteiger partial charge in [-0.05, 0) is 13.3 Å². The third kappa shape index (κ3) is 18.0. The molecule has 0 aliphatic carbocycles. The Morgan fingerprint density at radius 3 is 1.17 bits per heavy atom. The summed E-state index contributed by atoms with van der Waals surface area (Å²) in [5.41, 5.74) is -0.491. The van der Waals surface area contributed by atoms with Gasteiger partial charge in [-0.3, -0.25) is 9.59 Å². The topological polar surface area (TPSA) is 173 Å². The number of carboxylic acids is 3. The SMILES string of the molecule is C=C(C)C(=O)O.CCC(CO)(CO)CO.O=C(O)CCC(=O)O. The van der Waals surface area contributed by atoms with Gasteiger partial charge in [-0.15, -0.1) is 0 Å². The van der Waals surface area contributed by atoms with Crippen LogP contribution in [0, 0.1) is 5.41 Å². The molecule has 0 saturated carbocycles. The Hall–Kier alpha value is -1.97. The van der Waals surface area contributed by atoms with Crippen molar-refractivity contribution in [2.45, 2.75) is 33.1 Å². The molecule has 6 N–H and O–H groups in total. The quantitative estimate of drug-likeness (QED) is 0.331. The second kappa shape index (κ2) is 14.9. The summed E-state index contributed by atoms with van der Waals surface area (Å²) in [5.74, 6) is -3.09. The van der Waals surface area contributed by atoms with Crippen molar-refractivity contribution in [2.75, 3.05) is 19.8 Å². The second-order valence-corrected chi connectivity index (χ2v) is 4.70. The van der Waals surface area contributed by atoms with E-state index in [2.05, 4.69) is 6.58 Å². The van der Waals surface area contributed by atoms with E-state index in [4.69, 9.17) is 30.6 Å². The average Bonchev–Trinajstić information content (AvgIpc) is 2.49. The van der Waals surface area contributed by atoms with Gasteiger partial charge in [-0.2, -0.15) is 0 Å². The number of aliphatic hydroxyl groups excluding tert-OH is 3. The van der Waals surface area contributed by atoms with Crippen LogP contribution in [0.5, 0.6) is 0 Å². The zero-order valence-corrected chi connectivity index (χ0v) is 13.4. The van der Waals surface area contributed by atoms with Crippen LogP contribution in [0.15, 0.2) is 12.2 Å². The summed E-state index contributed by atoms with van der Waals surface area (Å²) in [4.78, 5) is 28.9. The van der Waals surface area contributed by atoms with Gasteiger partial charge >= 0.3 is 17.9 Å². The number of rotatable bonds is 8. The summed E-state index contributed by atoms with van der Waals surface area (Å²) in [6, 6.07) is 0. The molecule has 0 saturated heterocycles. The molecule has 0 fully saturated rings. The molecule has 0 amide bonds. The van der Waals surface area contributed by atoms with Gasteiger partial charge in [0.25, 0.3) is 0 Å². The van der Waals surface area contributed by atoms with Gasteiger partial charge in [0.15, 0.2) is 0 Å². The molecule has 0 aromatic rings. The zero-order chi connectivity index (χ0) is 19.1. The lowest BCUT2D eigenvalue weighted by Gasteiger charge is -2.24. The number of aliphatic hydroxyl groups is 3. The van der Waals surface area contributed by atoms with Crippen molar-refractivity contribution < 1.29 is 45.0 Å². The maximum atomic E-state index is 9.64. The van der Waals surface area contributed by atoms with Crippen molar-refractivity contribution in [1.82, 2.24) is 0 Å². The first-order valence-electron chi connectivity index (χ1n) is 6.66. The molecule has 9 nitrogen and oxygen atoms in total. The van der Waals surface area contributed by atoms with Crippen LogP contribution in [0.3, 0.4) is 0 Å². The molecule has 0 spiro atoms. The summed E-state index contributed by atoms with van der Waals surface area (Å²) < 4.78 is 0. The first-order valence-corrected chi connectivity index (χ1v) is 6.66. The summed E-state index contributed by atoms with van der Waals surface area (Å²) in [6.45, 7) is 5.96. The molecule has 0 unspecified atom stereocenters. The molecular formula is C14H26O9. The molecule has 9 heteroatoms. The van der Waals surface area contributed by atoms with E-state index in [9.17, 15) is 14.4 Å². The molecule has 0 aromatic heterocycles. The van der Waals surface area contributed by atoms with E-state index in [1.54, 1.807) is 0 Å². The van der Waals surface area contributed by atoms with Crippen LogP contribution < -0.4 is 0 Å². The largest absolute Gasteiger partial charge is 0.481 e. The van der Waals surface area contributed by atoms with Crippen molar-refractivity contribution in [3.8, 4) is 0 Å². The van der Waals surface area contributed by atoms with Crippen LogP contribution >= 0.6 is 0 Å². The lowest BCUT2D eigenvalue weighted by atomic mass is 9.88. The minimum Gasteiger partial charge on any atom is -0.481 e. The van der Waals surface area contributed by atoms with Crippen LogP contribution in [0.1, 0.15) is 33.1 Å². The Bertz CT molecular complexity index is 329. The summed E-state index contributed by atoms with van der Waals surface area (Å²) in [5, 5.41) is 49.7. The molecule has 23 heavy (non-hydrogen) atoms. The van der Waals surface area contributed by atoms with E-state index < -0.39 is 23.3 Å². The van der Waals surface area contributed by atoms with Crippen LogP contribution in [-0.4, -0.2) is 68.4 Å². The number of aliphatic carboxylic acids is 3. The average molecular weight is 338 g/mol. The van der Waals surface area contributed by atoms with E-state index >= 15 is 0 Å². The Labute approximate surface area is 134 Å². The number of hydrogen-bond acceptors (Lipinski definition) is 6. The van der Waals surface area contributed by atoms with Gasteiger partial charge in [0.2, 0.25) is 0 Å². The highest BCUT2D eigenvalue weighted by Gasteiger charge is 2.24. The maximum Gasteiger partial charge on any atom is 0.330 e. The normalized spacial score (nSPS) is 9.61. The van der Waals surface area contributed by atoms with Gasteiger partial charge < -0.3 is 30.6 Å². The molecule has 0 heterocycles. The third-order valence-corrected chi connectivity index (χ3v) is 2.67. The van der Waals surface area contributed by atoms with E-state index in [1.807, 2.05) is 6.92 Å². The third-order valence-electron chi connectivity index (χ3n) is 2.67. The molecule has 0 atom stereocenters. The molecule has 0 bridgehead atoms. The summed E-state index contributed by atoms with van der Waals surface area (Å²) >= 11 is 0. The fraction of sp³-hybridized carbons (Fsp3) is 0.643. The molecule has 0 rings (SSSR count). The first-order chi connectivity index (χ1) is 10.5. The molecular weight excluding hydrogens is 312 g/mol. The van der Waals surface area contributed by atoms with E-state index in [0.717, 1.165) is 0 Å². The molecule has 0 radical (unpaired) electrons. The first kappa shape index (κ1) is 26.0. The highest BCUT2D eigenvalue weighted by molar-refractivity contribution is 5.84. The van der Waals surface area contributed by atoms with E-state index in [0.29, 0.717) is 6.42 Å². The standard InChI is InChI=1S/C6H14O3.C4H6O4.C4H6O2/c1-2-6(3-7,4-8)5-9;5-3(6)1-2-4(7)8;1-3(2)4(5)6/h7-9H,2-5H2,1H3;1-2H2,(H,5,6)(H,7,8);1H2,2H3,(H,5,6). The Morgan fingerprint density at radius 1 is 0.870 bits per heavy atom. The van der Waals surface area contributed by atoms with Crippen LogP contribution in [0.2, 0.25) is 0 Å². The van der Waals surface area contributed by atoms with Gasteiger partial charge in [0.05, 0.1) is 32.7 Å². The molecule has 0 aliphatic rings. The Balaban J connectivity index is -0.000000266. The van der Waals surface area contributed by atoms with Crippen molar-refractivity contribution in [2.24, 2.45) is 5.41 Å². The predicted molar refractivity (Wildman–Crippen MR) is 80.9 cm³/mol. The monoisotopic (exact) mass is 338 g/mol. The molecule has 0 aliphatic heterocycles. The van der Waals surface area contributed by atoms with Gasteiger partial charge in [-0.1, -0.05) is 13.5 Å². The highest BCUT2D eigenvalue weighted by atomic mass is 16.4. The van der Waals surface area contributed by atoms with Crippen molar-refractivity contribution in [1.29, 1.82) is 0 Å². The fourth-order valence-corrected chi connectivity index (χ4v) is 0.699. The predicted octanol–water partition coefficient (Wildman–Crippen LogP) is -0.0574. The lowest BCUT2D eigenvalue weighted by Crippen LogP contribution is -2.32. The maximum absolute atomic E-state index is 9.64. The van der Waals surface area contributed by atoms with Crippen LogP contribution in [0.4, 0.5) is 0 Å². The fourth-order valence-electron chi connectivity index (χ4n) is 0.699. The van der Waals surface area contributed by atoms with Gasteiger partial charge in [0.1, 0.15) is 0 Å². The second-order valence-electron chi connectivity index (χ2n) is 4.70. The van der Waals surface area contributed by atoms with E-state index in [1.165, 1.54) is 6.92 Å². The minimum atomic E-state index is -1.08. The Morgan fingerprint density at radius 2 is 1.13 bits per heavy atom. The van der Waals surface area contributed by atoms with Gasteiger partial charge in [0, 0.05) is 11.0 Å². The Kier molecular flexibility index (Phi) is 16.9. The van der Waals surface area contributed by atoms with E-state index in [-0.39, 0.29) is 38.2 Å².